The van der Waals surface area contributed by atoms with Gasteiger partial charge in [-0.1, -0.05) is 12.1 Å². The normalized spacial score (nSPS) is 15.8. The molecule has 0 bridgehead atoms. The van der Waals surface area contributed by atoms with Gasteiger partial charge in [-0.3, -0.25) is 5.32 Å². The lowest BCUT2D eigenvalue weighted by Crippen LogP contribution is -2.31. The summed E-state index contributed by atoms with van der Waals surface area (Å²) in [5.74, 6) is 0.831. The highest BCUT2D eigenvalue weighted by Crippen LogP contribution is 2.20. The number of methoxy groups -OCH3 is 1. The molecule has 1 aromatic carbocycles. The van der Waals surface area contributed by atoms with E-state index in [1.807, 2.05) is 24.3 Å². The molecule has 0 saturated heterocycles. The summed E-state index contributed by atoms with van der Waals surface area (Å²) < 4.78 is 10.8. The van der Waals surface area contributed by atoms with Crippen molar-refractivity contribution in [3.05, 3.63) is 29.8 Å². The summed E-state index contributed by atoms with van der Waals surface area (Å²) in [6.45, 7) is 1.13. The van der Waals surface area contributed by atoms with E-state index in [2.05, 4.69) is 11.4 Å². The molecule has 0 spiro atoms. The number of nitrogens with one attached hydrogen (secondary N) is 1. The summed E-state index contributed by atoms with van der Waals surface area (Å²) in [4.78, 5) is 0. The second kappa shape index (κ2) is 7.13. The second-order valence-corrected chi connectivity index (χ2v) is 4.84. The number of nitrogens with zero attached hydrogens (tertiary/aromatic N) is 1. The Morgan fingerprint density at radius 2 is 2.32 bits per heavy atom. The topological polar surface area (TPSA) is 54.3 Å². The summed E-state index contributed by atoms with van der Waals surface area (Å²) in [6, 6.07) is 10.6. The van der Waals surface area contributed by atoms with Crippen molar-refractivity contribution in [2.75, 3.05) is 13.7 Å². The van der Waals surface area contributed by atoms with Crippen LogP contribution in [0.1, 0.15) is 24.8 Å². The molecule has 4 nitrogen and oxygen atoms in total. The lowest BCUT2D eigenvalue weighted by molar-refractivity contribution is 0.184. The quantitative estimate of drug-likeness (QED) is 0.779. The maximum atomic E-state index is 9.03. The molecule has 4 heteroatoms. The van der Waals surface area contributed by atoms with Gasteiger partial charge in [-0.25, -0.2) is 0 Å². The average molecular weight is 260 g/mol. The fraction of sp³-hybridized carbons (Fsp3) is 0.533. The summed E-state index contributed by atoms with van der Waals surface area (Å²) in [7, 11) is 1.68. The number of hydrogen-bond donors (Lipinski definition) is 1. The van der Waals surface area contributed by atoms with Crippen LogP contribution in [0.5, 0.6) is 5.75 Å². The third kappa shape index (κ3) is 4.90. The molecule has 1 atom stereocenters. The van der Waals surface area contributed by atoms with Crippen LogP contribution in [-0.4, -0.2) is 25.8 Å². The Labute approximate surface area is 114 Å². The van der Waals surface area contributed by atoms with E-state index >= 15 is 0 Å². The molecule has 0 amide bonds. The minimum absolute atomic E-state index is 0.102. The van der Waals surface area contributed by atoms with Crippen molar-refractivity contribution < 1.29 is 9.47 Å². The van der Waals surface area contributed by atoms with Crippen molar-refractivity contribution in [1.82, 2.24) is 5.32 Å². The maximum absolute atomic E-state index is 9.03. The SMILES string of the molecule is COCc1cccc(OCCC(C#N)NC2CC2)c1. The average Bonchev–Trinajstić information content (AvgIpc) is 3.22. The van der Waals surface area contributed by atoms with Crippen LogP contribution < -0.4 is 10.1 Å². The van der Waals surface area contributed by atoms with Gasteiger partial charge in [0, 0.05) is 19.6 Å². The van der Waals surface area contributed by atoms with Crippen LogP contribution in [0, 0.1) is 11.3 Å². The van der Waals surface area contributed by atoms with E-state index in [1.165, 1.54) is 12.8 Å². The van der Waals surface area contributed by atoms with Gasteiger partial charge >= 0.3 is 0 Å². The molecule has 1 fully saturated rings. The smallest absolute Gasteiger partial charge is 0.119 e. The Balaban J connectivity index is 1.74. The highest BCUT2D eigenvalue weighted by Gasteiger charge is 2.24. The van der Waals surface area contributed by atoms with Crippen molar-refractivity contribution in [1.29, 1.82) is 5.26 Å². The number of ether oxygens (including phenoxy) is 2. The van der Waals surface area contributed by atoms with E-state index in [0.29, 0.717) is 25.7 Å². The van der Waals surface area contributed by atoms with Crippen molar-refractivity contribution in [3.63, 3.8) is 0 Å². The molecule has 0 aromatic heterocycles. The van der Waals surface area contributed by atoms with E-state index in [4.69, 9.17) is 14.7 Å². The van der Waals surface area contributed by atoms with E-state index in [0.717, 1.165) is 11.3 Å². The monoisotopic (exact) mass is 260 g/mol. The number of benzene rings is 1. The Hall–Kier alpha value is -1.57. The number of nitriles is 1. The van der Waals surface area contributed by atoms with Crippen LogP contribution in [0.25, 0.3) is 0 Å². The summed E-state index contributed by atoms with van der Waals surface area (Å²) in [5, 5.41) is 12.3. The lowest BCUT2D eigenvalue weighted by Gasteiger charge is -2.12. The molecule has 2 rings (SSSR count). The van der Waals surface area contributed by atoms with Crippen molar-refractivity contribution >= 4 is 0 Å². The lowest BCUT2D eigenvalue weighted by atomic mass is 10.2. The van der Waals surface area contributed by atoms with Crippen molar-refractivity contribution in [2.24, 2.45) is 0 Å². The molecule has 0 radical (unpaired) electrons. The van der Waals surface area contributed by atoms with Crippen molar-refractivity contribution in [3.8, 4) is 11.8 Å². The molecule has 1 unspecified atom stereocenters. The zero-order chi connectivity index (χ0) is 13.5. The van der Waals surface area contributed by atoms with Gasteiger partial charge < -0.3 is 9.47 Å². The predicted molar refractivity (Wildman–Crippen MR) is 72.8 cm³/mol. The van der Waals surface area contributed by atoms with Crippen LogP contribution >= 0.6 is 0 Å². The first-order valence-corrected chi connectivity index (χ1v) is 6.68. The summed E-state index contributed by atoms with van der Waals surface area (Å²) in [6.07, 6.45) is 3.09. The predicted octanol–water partition coefficient (Wildman–Crippen LogP) is 2.25. The molecule has 1 aromatic rings. The summed E-state index contributed by atoms with van der Waals surface area (Å²) >= 11 is 0. The molecule has 102 valence electrons. The van der Waals surface area contributed by atoms with E-state index in [9.17, 15) is 0 Å². The molecule has 1 aliphatic rings. The second-order valence-electron chi connectivity index (χ2n) is 4.84. The van der Waals surface area contributed by atoms with Gasteiger partial charge in [0.25, 0.3) is 0 Å². The third-order valence-electron chi connectivity index (χ3n) is 3.05. The first kappa shape index (κ1) is 13.9. The highest BCUT2D eigenvalue weighted by molar-refractivity contribution is 5.28. The zero-order valence-corrected chi connectivity index (χ0v) is 11.3. The highest BCUT2D eigenvalue weighted by atomic mass is 16.5. The Morgan fingerprint density at radius 1 is 1.47 bits per heavy atom. The minimum atomic E-state index is -0.102. The van der Waals surface area contributed by atoms with Gasteiger partial charge in [0.2, 0.25) is 0 Å². The van der Waals surface area contributed by atoms with Crippen LogP contribution in [0.3, 0.4) is 0 Å². The molecule has 1 saturated carbocycles. The van der Waals surface area contributed by atoms with Gasteiger partial charge in [-0.15, -0.1) is 0 Å². The standard InChI is InChI=1S/C15H20N2O2/c1-18-11-12-3-2-4-15(9-12)19-8-7-14(10-16)17-13-5-6-13/h2-4,9,13-14,17H,5-8,11H2,1H3. The van der Waals surface area contributed by atoms with Crippen LogP contribution in [-0.2, 0) is 11.3 Å². The molecule has 19 heavy (non-hydrogen) atoms. The van der Waals surface area contributed by atoms with Crippen LogP contribution in [0.15, 0.2) is 24.3 Å². The van der Waals surface area contributed by atoms with Gasteiger partial charge in [-0.05, 0) is 30.5 Å². The van der Waals surface area contributed by atoms with E-state index in [-0.39, 0.29) is 6.04 Å². The van der Waals surface area contributed by atoms with Crippen molar-refractivity contribution in [2.45, 2.75) is 38.0 Å². The fourth-order valence-electron chi connectivity index (χ4n) is 1.91. The number of hydrogen-bond acceptors (Lipinski definition) is 4. The molecule has 1 aliphatic carbocycles. The molecule has 0 heterocycles. The molecule has 0 aliphatic heterocycles. The maximum Gasteiger partial charge on any atom is 0.119 e. The molecule has 1 N–H and O–H groups in total. The van der Waals surface area contributed by atoms with Gasteiger partial charge in [0.05, 0.1) is 25.3 Å². The number of rotatable bonds is 8. The van der Waals surface area contributed by atoms with Gasteiger partial charge in [0.1, 0.15) is 5.75 Å². The van der Waals surface area contributed by atoms with Crippen LogP contribution in [0.2, 0.25) is 0 Å². The third-order valence-corrected chi connectivity index (χ3v) is 3.05. The Morgan fingerprint density at radius 3 is 3.00 bits per heavy atom. The van der Waals surface area contributed by atoms with Gasteiger partial charge in [-0.2, -0.15) is 5.26 Å². The van der Waals surface area contributed by atoms with Crippen LogP contribution in [0.4, 0.5) is 0 Å². The van der Waals surface area contributed by atoms with Gasteiger partial charge in [0.15, 0.2) is 0 Å². The minimum Gasteiger partial charge on any atom is -0.493 e. The fourth-order valence-corrected chi connectivity index (χ4v) is 1.91. The van der Waals surface area contributed by atoms with E-state index < -0.39 is 0 Å². The van der Waals surface area contributed by atoms with E-state index in [1.54, 1.807) is 7.11 Å². The molecular formula is C15H20N2O2. The zero-order valence-electron chi connectivity index (χ0n) is 11.3. The molecular weight excluding hydrogens is 240 g/mol. The Kier molecular flexibility index (Phi) is 5.20. The largest absolute Gasteiger partial charge is 0.493 e. The Bertz CT molecular complexity index is 438. The first-order valence-electron chi connectivity index (χ1n) is 6.68. The first-order chi connectivity index (χ1) is 9.31. The summed E-state index contributed by atoms with van der Waals surface area (Å²) in [5.41, 5.74) is 1.09.